The number of carbonyl (C=O) groups is 2. The molecule has 1 aliphatic heterocycles. The molecule has 0 saturated carbocycles. The van der Waals surface area contributed by atoms with Gasteiger partial charge in [0.25, 0.3) is 5.91 Å². The van der Waals surface area contributed by atoms with Gasteiger partial charge >= 0.3 is 5.97 Å². The molecule has 144 valence electrons. The number of nitrogens with zero attached hydrogens (tertiary/aromatic N) is 3. The highest BCUT2D eigenvalue weighted by Gasteiger charge is 2.21. The maximum absolute atomic E-state index is 12.3. The van der Waals surface area contributed by atoms with Crippen LogP contribution in [0.1, 0.15) is 22.8 Å². The maximum atomic E-state index is 12.3. The van der Waals surface area contributed by atoms with Crippen LogP contribution in [-0.2, 0) is 14.3 Å². The Morgan fingerprint density at radius 1 is 1.52 bits per heavy atom. The average Bonchev–Trinajstić information content (AvgIpc) is 3.33. The fourth-order valence-electron chi connectivity index (χ4n) is 2.73. The third-order valence-corrected chi connectivity index (χ3v) is 4.63. The van der Waals surface area contributed by atoms with E-state index in [4.69, 9.17) is 26.2 Å². The van der Waals surface area contributed by atoms with Crippen LogP contribution in [0.25, 0.3) is 11.3 Å². The largest absolute Gasteiger partial charge is 0.479 e. The first kappa shape index (κ1) is 19.3. The molecule has 2 heterocycles. The third kappa shape index (κ3) is 4.44. The number of aliphatic carboxylic acids is 1. The molecule has 27 heavy (non-hydrogen) atoms. The third-order valence-electron chi connectivity index (χ3n) is 4.30. The van der Waals surface area contributed by atoms with Crippen molar-refractivity contribution in [2.45, 2.75) is 18.6 Å². The van der Waals surface area contributed by atoms with Gasteiger partial charge in [0.05, 0.1) is 30.4 Å². The molecule has 1 aromatic heterocycles. The summed E-state index contributed by atoms with van der Waals surface area (Å²) < 4.78 is 11.9. The summed E-state index contributed by atoms with van der Waals surface area (Å²) in [5.41, 5.74) is 1.44. The first-order valence-electron chi connectivity index (χ1n) is 8.33. The molecule has 1 saturated heterocycles. The minimum absolute atomic E-state index is 0.138. The predicted octanol–water partition coefficient (Wildman–Crippen LogP) is 1.39. The van der Waals surface area contributed by atoms with Crippen molar-refractivity contribution in [3.63, 3.8) is 0 Å². The smallest absolute Gasteiger partial charge is 0.334 e. The van der Waals surface area contributed by atoms with E-state index in [1.165, 1.54) is 7.11 Å². The van der Waals surface area contributed by atoms with Gasteiger partial charge in [-0.05, 0) is 24.6 Å². The van der Waals surface area contributed by atoms with Crippen LogP contribution in [-0.4, -0.2) is 64.9 Å². The second-order valence-electron chi connectivity index (χ2n) is 6.07. The number of benzene rings is 1. The number of amides is 1. The zero-order valence-electron chi connectivity index (χ0n) is 14.6. The van der Waals surface area contributed by atoms with Crippen LogP contribution >= 0.6 is 11.6 Å². The van der Waals surface area contributed by atoms with Crippen LogP contribution in [0.5, 0.6) is 0 Å². The van der Waals surface area contributed by atoms with E-state index in [1.807, 2.05) is 0 Å². The van der Waals surface area contributed by atoms with Crippen molar-refractivity contribution in [1.29, 1.82) is 0 Å². The quantitative estimate of drug-likeness (QED) is 0.728. The van der Waals surface area contributed by atoms with E-state index in [9.17, 15) is 9.59 Å². The molecule has 0 aliphatic carbocycles. The fraction of sp³-hybridized carbons (Fsp3) is 0.412. The summed E-state index contributed by atoms with van der Waals surface area (Å²) in [7, 11) is 1.27. The SMILES string of the molecule is CO[C@@H](CNC(=O)c1ccc(Cl)c(-c2cn(C3CCOC3)nn2)c1)C(=O)O. The molecule has 0 bridgehead atoms. The molecular formula is C17H19ClN4O5. The van der Waals surface area contributed by atoms with Crippen molar-refractivity contribution in [2.24, 2.45) is 0 Å². The number of ether oxygens (including phenoxy) is 2. The highest BCUT2D eigenvalue weighted by atomic mass is 35.5. The molecule has 10 heteroatoms. The van der Waals surface area contributed by atoms with Gasteiger partial charge in [0.1, 0.15) is 5.69 Å². The summed E-state index contributed by atoms with van der Waals surface area (Å²) in [5, 5.41) is 20.2. The van der Waals surface area contributed by atoms with Gasteiger partial charge in [-0.3, -0.25) is 4.79 Å². The summed E-state index contributed by atoms with van der Waals surface area (Å²) in [6.45, 7) is 1.12. The lowest BCUT2D eigenvalue weighted by molar-refractivity contribution is -0.148. The minimum atomic E-state index is -1.15. The first-order valence-corrected chi connectivity index (χ1v) is 8.70. The molecule has 2 aromatic rings. The topological polar surface area (TPSA) is 116 Å². The Kier molecular flexibility index (Phi) is 6.04. The number of carboxylic acid groups (broad SMARTS) is 1. The standard InChI is InChI=1S/C17H19ClN4O5/c1-26-15(17(24)25)7-19-16(23)10-2-3-13(18)12(6-10)14-8-22(21-20-14)11-4-5-27-9-11/h2-3,6,8,11,15H,4-5,7,9H2,1H3,(H,19,23)(H,24,25)/t11?,15-/m0/s1. The molecule has 1 aliphatic rings. The zero-order valence-corrected chi connectivity index (χ0v) is 15.3. The number of nitrogens with one attached hydrogen (secondary N) is 1. The van der Waals surface area contributed by atoms with Gasteiger partial charge in [-0.15, -0.1) is 5.10 Å². The molecule has 1 unspecified atom stereocenters. The average molecular weight is 395 g/mol. The van der Waals surface area contributed by atoms with E-state index in [2.05, 4.69) is 15.6 Å². The summed E-state index contributed by atoms with van der Waals surface area (Å²) >= 11 is 6.26. The van der Waals surface area contributed by atoms with Crippen LogP contribution in [0.15, 0.2) is 24.4 Å². The van der Waals surface area contributed by atoms with E-state index in [1.54, 1.807) is 29.1 Å². The lowest BCUT2D eigenvalue weighted by atomic mass is 10.1. The number of rotatable bonds is 7. The second-order valence-corrected chi connectivity index (χ2v) is 6.48. The molecule has 1 fully saturated rings. The highest BCUT2D eigenvalue weighted by Crippen LogP contribution is 2.28. The summed E-state index contributed by atoms with van der Waals surface area (Å²) in [6, 6.07) is 4.88. The zero-order chi connectivity index (χ0) is 19.4. The van der Waals surface area contributed by atoms with Crippen molar-refractivity contribution < 1.29 is 24.2 Å². The Morgan fingerprint density at radius 3 is 3.00 bits per heavy atom. The summed E-state index contributed by atoms with van der Waals surface area (Å²) in [4.78, 5) is 23.3. The van der Waals surface area contributed by atoms with Crippen molar-refractivity contribution >= 4 is 23.5 Å². The van der Waals surface area contributed by atoms with Gasteiger partial charge in [0.15, 0.2) is 6.10 Å². The van der Waals surface area contributed by atoms with Crippen molar-refractivity contribution in [2.75, 3.05) is 26.9 Å². The van der Waals surface area contributed by atoms with Gasteiger partial charge < -0.3 is 19.9 Å². The molecule has 0 spiro atoms. The maximum Gasteiger partial charge on any atom is 0.334 e. The first-order chi connectivity index (χ1) is 13.0. The van der Waals surface area contributed by atoms with Gasteiger partial charge in [-0.25, -0.2) is 9.48 Å². The number of carbonyl (C=O) groups excluding carboxylic acids is 1. The number of hydrogen-bond donors (Lipinski definition) is 2. The Bertz CT molecular complexity index is 834. The Morgan fingerprint density at radius 2 is 2.33 bits per heavy atom. The number of halogens is 1. The molecule has 2 atom stereocenters. The number of aromatic nitrogens is 3. The van der Waals surface area contributed by atoms with E-state index < -0.39 is 18.0 Å². The van der Waals surface area contributed by atoms with Gasteiger partial charge in [-0.1, -0.05) is 16.8 Å². The summed E-state index contributed by atoms with van der Waals surface area (Å²) in [5.74, 6) is -1.59. The van der Waals surface area contributed by atoms with Crippen LogP contribution < -0.4 is 5.32 Å². The lowest BCUT2D eigenvalue weighted by Gasteiger charge is -2.12. The Hall–Kier alpha value is -2.49. The number of hydrogen-bond acceptors (Lipinski definition) is 6. The molecular weight excluding hydrogens is 376 g/mol. The van der Waals surface area contributed by atoms with Crippen molar-refractivity contribution in [1.82, 2.24) is 20.3 Å². The molecule has 1 aromatic carbocycles. The van der Waals surface area contributed by atoms with Crippen molar-refractivity contribution in [3.05, 3.63) is 35.0 Å². The predicted molar refractivity (Wildman–Crippen MR) is 95.7 cm³/mol. The monoisotopic (exact) mass is 394 g/mol. The normalized spacial score (nSPS) is 17.6. The second kappa shape index (κ2) is 8.47. The van der Waals surface area contributed by atoms with Crippen LogP contribution in [0.4, 0.5) is 0 Å². The number of carboxylic acids is 1. The van der Waals surface area contributed by atoms with Gasteiger partial charge in [-0.2, -0.15) is 0 Å². The van der Waals surface area contributed by atoms with E-state index in [-0.39, 0.29) is 12.6 Å². The Labute approximate surface area is 160 Å². The van der Waals surface area contributed by atoms with Gasteiger partial charge in [0.2, 0.25) is 0 Å². The highest BCUT2D eigenvalue weighted by molar-refractivity contribution is 6.33. The van der Waals surface area contributed by atoms with E-state index in [0.29, 0.717) is 35.1 Å². The molecule has 2 N–H and O–H groups in total. The summed E-state index contributed by atoms with van der Waals surface area (Å²) in [6.07, 6.45) is 1.52. The minimum Gasteiger partial charge on any atom is -0.479 e. The van der Waals surface area contributed by atoms with E-state index >= 15 is 0 Å². The molecule has 9 nitrogen and oxygen atoms in total. The fourth-order valence-corrected chi connectivity index (χ4v) is 2.95. The molecule has 0 radical (unpaired) electrons. The van der Waals surface area contributed by atoms with Crippen molar-refractivity contribution in [3.8, 4) is 11.3 Å². The number of methoxy groups -OCH3 is 1. The molecule has 1 amide bonds. The Balaban J connectivity index is 1.76. The van der Waals surface area contributed by atoms with E-state index in [0.717, 1.165) is 6.42 Å². The van der Waals surface area contributed by atoms with Gasteiger partial charge in [0, 0.05) is 24.8 Å². The molecule has 3 rings (SSSR count). The lowest BCUT2D eigenvalue weighted by Crippen LogP contribution is -2.37. The van der Waals surface area contributed by atoms with Crippen LogP contribution in [0.2, 0.25) is 5.02 Å². The van der Waals surface area contributed by atoms with Crippen LogP contribution in [0, 0.1) is 0 Å². The van der Waals surface area contributed by atoms with Crippen LogP contribution in [0.3, 0.4) is 0 Å².